The summed E-state index contributed by atoms with van der Waals surface area (Å²) in [5, 5.41) is 11.5. The lowest BCUT2D eigenvalue weighted by atomic mass is 10.2. The molecule has 0 radical (unpaired) electrons. The number of anilines is 1. The van der Waals surface area contributed by atoms with Gasteiger partial charge in [0.2, 0.25) is 0 Å². The molecule has 1 fully saturated rings. The van der Waals surface area contributed by atoms with Crippen molar-refractivity contribution in [3.63, 3.8) is 0 Å². The Hall–Kier alpha value is -2.62. The normalized spacial score (nSPS) is 16.0. The number of aromatic nitrogens is 3. The van der Waals surface area contributed by atoms with Gasteiger partial charge in [-0.3, -0.25) is 0 Å². The molecule has 0 amide bonds. The molecule has 3 aromatic rings. The molecule has 1 aliphatic rings. The molecule has 1 atom stereocenters. The molecule has 0 spiro atoms. The summed E-state index contributed by atoms with van der Waals surface area (Å²) < 4.78 is 1.87. The number of halogens is 1. The van der Waals surface area contributed by atoms with E-state index in [2.05, 4.69) is 75.0 Å². The molecule has 7 nitrogen and oxygen atoms in total. The van der Waals surface area contributed by atoms with Crippen LogP contribution >= 0.6 is 24.0 Å². The van der Waals surface area contributed by atoms with Crippen LogP contribution in [0, 0.1) is 13.8 Å². The largest absolute Gasteiger partial charge is 0.369 e. The minimum atomic E-state index is 0. The van der Waals surface area contributed by atoms with Crippen molar-refractivity contribution < 1.29 is 0 Å². The zero-order valence-electron chi connectivity index (χ0n) is 19.0. The van der Waals surface area contributed by atoms with Gasteiger partial charge in [0, 0.05) is 43.3 Å². The van der Waals surface area contributed by atoms with Crippen molar-refractivity contribution in [1.82, 2.24) is 25.4 Å². The lowest BCUT2D eigenvalue weighted by Crippen LogP contribution is -2.44. The molecule has 1 unspecified atom stereocenters. The Balaban J connectivity index is 0.00000289. The zero-order chi connectivity index (χ0) is 21.6. The molecule has 1 aliphatic heterocycles. The van der Waals surface area contributed by atoms with Crippen LogP contribution in [0.3, 0.4) is 0 Å². The minimum absolute atomic E-state index is 0. The summed E-state index contributed by atoms with van der Waals surface area (Å²) in [6.45, 7) is 9.56. The van der Waals surface area contributed by atoms with Crippen LogP contribution in [-0.4, -0.2) is 46.4 Å². The molecule has 0 bridgehead atoms. The Morgan fingerprint density at radius 1 is 1.16 bits per heavy atom. The highest BCUT2D eigenvalue weighted by molar-refractivity contribution is 14.0. The molecular formula is C24H32IN7. The van der Waals surface area contributed by atoms with Crippen LogP contribution in [0.2, 0.25) is 0 Å². The van der Waals surface area contributed by atoms with E-state index in [-0.39, 0.29) is 24.0 Å². The van der Waals surface area contributed by atoms with Crippen molar-refractivity contribution in [3.8, 4) is 5.82 Å². The highest BCUT2D eigenvalue weighted by Crippen LogP contribution is 2.19. The van der Waals surface area contributed by atoms with Crippen molar-refractivity contribution in [1.29, 1.82) is 0 Å². The summed E-state index contributed by atoms with van der Waals surface area (Å²) in [5.74, 6) is 1.68. The number of guanidine groups is 1. The van der Waals surface area contributed by atoms with Crippen LogP contribution < -0.4 is 15.5 Å². The van der Waals surface area contributed by atoms with E-state index in [1.54, 1.807) is 0 Å². The summed E-state index contributed by atoms with van der Waals surface area (Å²) in [4.78, 5) is 11.8. The molecule has 1 aromatic carbocycles. The van der Waals surface area contributed by atoms with E-state index >= 15 is 0 Å². The van der Waals surface area contributed by atoms with Gasteiger partial charge in [-0.1, -0.05) is 24.3 Å². The number of rotatable bonds is 6. The van der Waals surface area contributed by atoms with Crippen LogP contribution in [-0.2, 0) is 6.54 Å². The van der Waals surface area contributed by atoms with Gasteiger partial charge < -0.3 is 15.5 Å². The number of nitrogens with zero attached hydrogens (tertiary/aromatic N) is 5. The lowest BCUT2D eigenvalue weighted by molar-refractivity contribution is 0.649. The van der Waals surface area contributed by atoms with Crippen molar-refractivity contribution in [2.75, 3.05) is 24.5 Å². The van der Waals surface area contributed by atoms with Crippen LogP contribution in [0.4, 0.5) is 5.69 Å². The first-order valence-corrected chi connectivity index (χ1v) is 11.0. The van der Waals surface area contributed by atoms with E-state index in [0.717, 1.165) is 54.8 Å². The summed E-state index contributed by atoms with van der Waals surface area (Å²) in [6, 6.07) is 17.1. The maximum absolute atomic E-state index is 4.78. The second-order valence-electron chi connectivity index (χ2n) is 7.97. The summed E-state index contributed by atoms with van der Waals surface area (Å²) in [5.41, 5.74) is 4.42. The van der Waals surface area contributed by atoms with E-state index in [9.17, 15) is 0 Å². The molecule has 0 saturated carbocycles. The predicted molar refractivity (Wildman–Crippen MR) is 141 cm³/mol. The lowest BCUT2D eigenvalue weighted by Gasteiger charge is -2.20. The third kappa shape index (κ3) is 5.99. The second-order valence-corrected chi connectivity index (χ2v) is 7.97. The topological polar surface area (TPSA) is 70.4 Å². The fourth-order valence-electron chi connectivity index (χ4n) is 3.93. The Kier molecular flexibility index (Phi) is 8.49. The van der Waals surface area contributed by atoms with Gasteiger partial charge in [0.25, 0.3) is 0 Å². The Morgan fingerprint density at radius 2 is 1.97 bits per heavy atom. The van der Waals surface area contributed by atoms with Crippen LogP contribution in [0.25, 0.3) is 5.82 Å². The predicted octanol–water partition coefficient (Wildman–Crippen LogP) is 3.84. The molecule has 0 aliphatic carbocycles. The maximum Gasteiger partial charge on any atom is 0.191 e. The van der Waals surface area contributed by atoms with Gasteiger partial charge in [0.15, 0.2) is 11.8 Å². The molecular weight excluding hydrogens is 513 g/mol. The van der Waals surface area contributed by atoms with E-state index < -0.39 is 0 Å². The number of benzene rings is 1. The molecule has 8 heteroatoms. The van der Waals surface area contributed by atoms with Crippen molar-refractivity contribution in [3.05, 3.63) is 71.7 Å². The number of hydrogen-bond acceptors (Lipinski definition) is 4. The van der Waals surface area contributed by atoms with E-state index in [1.165, 1.54) is 5.69 Å². The van der Waals surface area contributed by atoms with Gasteiger partial charge in [0.05, 0.1) is 12.2 Å². The highest BCUT2D eigenvalue weighted by atomic mass is 127. The average molecular weight is 545 g/mol. The molecule has 32 heavy (non-hydrogen) atoms. The first-order valence-electron chi connectivity index (χ1n) is 11.0. The fourth-order valence-corrected chi connectivity index (χ4v) is 3.93. The fraction of sp³-hybridized carbons (Fsp3) is 0.375. The smallest absolute Gasteiger partial charge is 0.191 e. The van der Waals surface area contributed by atoms with Gasteiger partial charge in [0.1, 0.15) is 0 Å². The van der Waals surface area contributed by atoms with Gasteiger partial charge in [-0.2, -0.15) is 5.10 Å². The monoisotopic (exact) mass is 545 g/mol. The number of aliphatic imine (C=N–C) groups is 1. The highest BCUT2D eigenvalue weighted by Gasteiger charge is 2.23. The summed E-state index contributed by atoms with van der Waals surface area (Å²) >= 11 is 0. The first kappa shape index (κ1) is 24.0. The number of hydrogen-bond donors (Lipinski definition) is 2. The third-order valence-corrected chi connectivity index (χ3v) is 5.45. The Morgan fingerprint density at radius 3 is 2.62 bits per heavy atom. The molecule has 170 valence electrons. The number of nitrogens with one attached hydrogen (secondary N) is 2. The minimum Gasteiger partial charge on any atom is -0.369 e. The Labute approximate surface area is 207 Å². The quantitative estimate of drug-likeness (QED) is 0.280. The standard InChI is InChI=1S/C24H31N7.HI/c1-4-25-24(28-21-12-13-30(17-21)22-8-6-5-7-9-22)27-16-20-10-11-23(26-15-20)31-19(3)14-18(2)29-31;/h5-11,14-15,21H,4,12-13,16-17H2,1-3H3,(H2,25,27,28);1H. The van der Waals surface area contributed by atoms with E-state index in [4.69, 9.17) is 4.99 Å². The van der Waals surface area contributed by atoms with E-state index in [1.807, 2.05) is 30.8 Å². The van der Waals surface area contributed by atoms with Crippen LogP contribution in [0.5, 0.6) is 0 Å². The Bertz CT molecular complexity index is 1010. The van der Waals surface area contributed by atoms with Crippen LogP contribution in [0.1, 0.15) is 30.3 Å². The number of aryl methyl sites for hydroxylation is 2. The van der Waals surface area contributed by atoms with Crippen molar-refractivity contribution in [2.45, 2.75) is 39.8 Å². The van der Waals surface area contributed by atoms with Gasteiger partial charge in [-0.05, 0) is 57.0 Å². The maximum atomic E-state index is 4.78. The van der Waals surface area contributed by atoms with Gasteiger partial charge >= 0.3 is 0 Å². The van der Waals surface area contributed by atoms with Crippen molar-refractivity contribution >= 4 is 35.6 Å². The molecule has 4 rings (SSSR count). The summed E-state index contributed by atoms with van der Waals surface area (Å²) in [7, 11) is 0. The molecule has 1 saturated heterocycles. The number of pyridine rings is 1. The number of para-hydroxylation sites is 1. The third-order valence-electron chi connectivity index (χ3n) is 5.45. The van der Waals surface area contributed by atoms with Gasteiger partial charge in [-0.25, -0.2) is 14.7 Å². The zero-order valence-corrected chi connectivity index (χ0v) is 21.3. The first-order chi connectivity index (χ1) is 15.1. The SMILES string of the molecule is CCNC(=NCc1ccc(-n2nc(C)cc2C)nc1)NC1CCN(c2ccccc2)C1.I. The second kappa shape index (κ2) is 11.3. The molecule has 2 N–H and O–H groups in total. The molecule has 2 aromatic heterocycles. The van der Waals surface area contributed by atoms with E-state index in [0.29, 0.717) is 12.6 Å². The van der Waals surface area contributed by atoms with Gasteiger partial charge in [-0.15, -0.1) is 24.0 Å². The van der Waals surface area contributed by atoms with Crippen LogP contribution in [0.15, 0.2) is 59.7 Å². The average Bonchev–Trinajstić information content (AvgIpc) is 3.39. The van der Waals surface area contributed by atoms with Crippen molar-refractivity contribution in [2.24, 2.45) is 4.99 Å². The molecule has 3 heterocycles. The summed E-state index contributed by atoms with van der Waals surface area (Å²) in [6.07, 6.45) is 2.98.